The Kier molecular flexibility index (Phi) is 12.0. The molecule has 3 N–H and O–H groups in total. The van der Waals surface area contributed by atoms with Crippen molar-refractivity contribution in [3.8, 4) is 16.3 Å². The summed E-state index contributed by atoms with van der Waals surface area (Å²) in [7, 11) is 0. The van der Waals surface area contributed by atoms with E-state index in [1.165, 1.54) is 56.3 Å². The largest absolute Gasteiger partial charge is 0.506 e. The number of hydrogen-bond donors (Lipinski definition) is 3. The van der Waals surface area contributed by atoms with Crippen molar-refractivity contribution in [2.24, 2.45) is 0 Å². The summed E-state index contributed by atoms with van der Waals surface area (Å²) in [4.78, 5) is 36.7. The molecule has 0 aliphatic carbocycles. The molecule has 0 bridgehead atoms. The number of phenolic OH excluding ortho intramolecular Hbond substituents is 1. The zero-order chi connectivity index (χ0) is 33.3. The third kappa shape index (κ3) is 8.73. The van der Waals surface area contributed by atoms with Crippen LogP contribution in [0.4, 0.5) is 0 Å². The van der Waals surface area contributed by atoms with Gasteiger partial charge in [0.1, 0.15) is 22.0 Å². The first-order valence-corrected chi connectivity index (χ1v) is 19.3. The molecule has 2 aliphatic heterocycles. The molecule has 0 radical (unpaired) electrons. The highest BCUT2D eigenvalue weighted by Crippen LogP contribution is 2.34. The number of fused-ring (bicyclic) bond motifs is 1. The zero-order valence-corrected chi connectivity index (χ0v) is 29.3. The number of aromatic nitrogens is 2. The lowest BCUT2D eigenvalue weighted by atomic mass is 9.89. The number of aliphatic hydroxyl groups is 1. The van der Waals surface area contributed by atoms with Gasteiger partial charge in [0.15, 0.2) is 0 Å². The smallest absolute Gasteiger partial charge is 0.305 e. The Hall–Kier alpha value is -3.09. The Balaban J connectivity index is 0.807. The minimum atomic E-state index is -0.623. The van der Waals surface area contributed by atoms with Crippen molar-refractivity contribution < 1.29 is 19.7 Å². The number of aliphatic hydroxyl groups excluding tert-OH is 1. The van der Waals surface area contributed by atoms with Crippen molar-refractivity contribution in [1.29, 1.82) is 0 Å². The van der Waals surface area contributed by atoms with E-state index in [1.54, 1.807) is 12.1 Å². The first-order chi connectivity index (χ1) is 23.4. The topological polar surface area (TPSA) is 119 Å². The molecule has 1 spiro atoms. The standard InChI is InChI=1S/C37H48N4O5S2/c42-30(28-16-17-31(43)32-33(28)48-36(45)39-32)15-11-6-4-2-1-3-5-7-12-20-40-21-18-37(19-22-40)26-41(23-24-46-37)35(44)29-25-47-34(38-29)27-13-9-8-10-14-27/h8-10,13-14,16-17,25,30,42-43H,1-7,11-12,15,18-24,26H2,(H,39,45)/t30-/m0/s1. The number of carbonyl (C=O) groups is 1. The van der Waals surface area contributed by atoms with Gasteiger partial charge in [0.25, 0.3) is 5.91 Å². The maximum Gasteiger partial charge on any atom is 0.305 e. The monoisotopic (exact) mass is 692 g/mol. The van der Waals surface area contributed by atoms with Gasteiger partial charge < -0.3 is 29.7 Å². The van der Waals surface area contributed by atoms with E-state index in [-0.39, 0.29) is 22.1 Å². The summed E-state index contributed by atoms with van der Waals surface area (Å²) in [5.74, 6) is 0.0597. The third-order valence-electron chi connectivity index (χ3n) is 9.95. The highest BCUT2D eigenvalue weighted by molar-refractivity contribution is 7.16. The number of phenols is 1. The number of aromatic hydroxyl groups is 1. The van der Waals surface area contributed by atoms with Crippen molar-refractivity contribution in [2.75, 3.05) is 39.3 Å². The highest BCUT2D eigenvalue weighted by atomic mass is 32.1. The van der Waals surface area contributed by atoms with Gasteiger partial charge in [-0.3, -0.25) is 9.59 Å². The second-order valence-electron chi connectivity index (χ2n) is 13.4. The van der Waals surface area contributed by atoms with Gasteiger partial charge in [0.05, 0.1) is 29.6 Å². The number of rotatable bonds is 15. The fraction of sp³-hybridized carbons (Fsp3) is 0.541. The summed E-state index contributed by atoms with van der Waals surface area (Å²) in [6.45, 7) is 5.04. The summed E-state index contributed by atoms with van der Waals surface area (Å²) >= 11 is 2.56. The van der Waals surface area contributed by atoms with E-state index in [2.05, 4.69) is 14.9 Å². The molecule has 1 amide bonds. The van der Waals surface area contributed by atoms with Crippen LogP contribution in [0.1, 0.15) is 99.2 Å². The Morgan fingerprint density at radius 2 is 1.67 bits per heavy atom. The lowest BCUT2D eigenvalue weighted by Gasteiger charge is -2.47. The van der Waals surface area contributed by atoms with E-state index in [0.717, 1.165) is 72.8 Å². The van der Waals surface area contributed by atoms with Gasteiger partial charge in [-0.05, 0) is 38.3 Å². The summed E-state index contributed by atoms with van der Waals surface area (Å²) in [6, 6.07) is 13.3. The number of carbonyl (C=O) groups excluding carboxylic acids is 1. The number of ether oxygens (including phenoxy) is 1. The van der Waals surface area contributed by atoms with Crippen LogP contribution in [0.2, 0.25) is 0 Å². The number of hydrogen-bond acceptors (Lipinski definition) is 9. The van der Waals surface area contributed by atoms with Gasteiger partial charge in [-0.1, -0.05) is 99.1 Å². The number of thiazole rings is 2. The maximum atomic E-state index is 13.3. The first-order valence-electron chi connectivity index (χ1n) is 17.6. The summed E-state index contributed by atoms with van der Waals surface area (Å²) in [5.41, 5.74) is 2.49. The van der Waals surface area contributed by atoms with Crippen LogP contribution in [0.5, 0.6) is 5.75 Å². The van der Waals surface area contributed by atoms with Crippen molar-refractivity contribution in [1.82, 2.24) is 19.8 Å². The summed E-state index contributed by atoms with van der Waals surface area (Å²) < 4.78 is 6.99. The van der Waals surface area contributed by atoms with Gasteiger partial charge in [-0.15, -0.1) is 11.3 Å². The molecule has 2 saturated heterocycles. The number of nitrogens with one attached hydrogen (secondary N) is 1. The number of morpholine rings is 1. The van der Waals surface area contributed by atoms with Gasteiger partial charge in [-0.25, -0.2) is 4.98 Å². The molecule has 2 aliphatic rings. The molecule has 0 saturated carbocycles. The van der Waals surface area contributed by atoms with E-state index in [4.69, 9.17) is 4.74 Å². The van der Waals surface area contributed by atoms with Crippen LogP contribution in [-0.4, -0.2) is 80.8 Å². The van der Waals surface area contributed by atoms with E-state index in [0.29, 0.717) is 42.0 Å². The molecule has 6 rings (SSSR count). The molecular formula is C37H48N4O5S2. The van der Waals surface area contributed by atoms with Crippen molar-refractivity contribution in [2.45, 2.75) is 88.8 Å². The minimum Gasteiger partial charge on any atom is -0.506 e. The number of aromatic amines is 1. The van der Waals surface area contributed by atoms with Crippen molar-refractivity contribution in [3.63, 3.8) is 0 Å². The van der Waals surface area contributed by atoms with Crippen LogP contribution < -0.4 is 4.87 Å². The molecule has 11 heteroatoms. The van der Waals surface area contributed by atoms with E-state index < -0.39 is 6.10 Å². The number of H-pyrrole nitrogens is 1. The summed E-state index contributed by atoms with van der Waals surface area (Å²) in [6.07, 6.45) is 12.7. The van der Waals surface area contributed by atoms with Gasteiger partial charge >= 0.3 is 4.87 Å². The van der Waals surface area contributed by atoms with E-state index >= 15 is 0 Å². The fourth-order valence-electron chi connectivity index (χ4n) is 7.12. The zero-order valence-electron chi connectivity index (χ0n) is 27.7. The van der Waals surface area contributed by atoms with E-state index in [9.17, 15) is 19.8 Å². The number of benzene rings is 2. The second-order valence-corrected chi connectivity index (χ2v) is 15.2. The number of piperidine rings is 1. The van der Waals surface area contributed by atoms with Crippen LogP contribution in [0.15, 0.2) is 52.6 Å². The van der Waals surface area contributed by atoms with Crippen LogP contribution in [0.3, 0.4) is 0 Å². The van der Waals surface area contributed by atoms with Gasteiger partial charge in [0.2, 0.25) is 0 Å². The Bertz CT molecular complexity index is 1680. The predicted octanol–water partition coefficient (Wildman–Crippen LogP) is 7.36. The SMILES string of the molecule is O=C(c1csc(-c2ccccc2)n1)N1CCOC2(CCN(CCCCCCCCCCC[C@H](O)c3ccc(O)c4[nH]c(=O)sc34)CC2)C1. The first kappa shape index (κ1) is 34.8. The van der Waals surface area contributed by atoms with Crippen molar-refractivity contribution >= 4 is 38.8 Å². The highest BCUT2D eigenvalue weighted by Gasteiger charge is 2.41. The number of amides is 1. The van der Waals surface area contributed by atoms with Gasteiger partial charge in [0, 0.05) is 36.1 Å². The minimum absolute atomic E-state index is 0.0161. The molecule has 9 nitrogen and oxygen atoms in total. The number of nitrogens with zero attached hydrogens (tertiary/aromatic N) is 3. The van der Waals surface area contributed by atoms with Crippen molar-refractivity contribution in [3.05, 3.63) is 68.8 Å². The third-order valence-corrected chi connectivity index (χ3v) is 11.8. The molecule has 2 aromatic heterocycles. The number of likely N-dealkylation sites (tertiary alicyclic amines) is 1. The Morgan fingerprint density at radius 3 is 2.42 bits per heavy atom. The molecule has 48 heavy (non-hydrogen) atoms. The maximum absolute atomic E-state index is 13.3. The quantitative estimate of drug-likeness (QED) is 0.111. The average molecular weight is 693 g/mol. The lowest BCUT2D eigenvalue weighted by Crippen LogP contribution is -2.58. The van der Waals surface area contributed by atoms with Gasteiger partial charge in [-0.2, -0.15) is 0 Å². The Labute approximate surface area is 290 Å². The normalized spacial score (nSPS) is 17.3. The van der Waals surface area contributed by atoms with E-state index in [1.807, 2.05) is 40.6 Å². The second kappa shape index (κ2) is 16.5. The average Bonchev–Trinajstić information content (AvgIpc) is 3.76. The molecule has 2 fully saturated rings. The lowest BCUT2D eigenvalue weighted by molar-refractivity contribution is -0.127. The summed E-state index contributed by atoms with van der Waals surface area (Å²) in [5, 5.41) is 23.4. The molecule has 2 aromatic carbocycles. The Morgan fingerprint density at radius 1 is 0.958 bits per heavy atom. The van der Waals surface area contributed by atoms with Crippen LogP contribution in [0, 0.1) is 0 Å². The molecule has 1 atom stereocenters. The molecule has 4 aromatic rings. The predicted molar refractivity (Wildman–Crippen MR) is 193 cm³/mol. The molecule has 0 unspecified atom stereocenters. The molecule has 4 heterocycles. The molecular weight excluding hydrogens is 645 g/mol. The van der Waals surface area contributed by atoms with Crippen LogP contribution in [0.25, 0.3) is 20.8 Å². The van der Waals surface area contributed by atoms with Crippen LogP contribution in [-0.2, 0) is 4.74 Å². The number of unbranched alkanes of at least 4 members (excludes halogenated alkanes) is 8. The van der Waals surface area contributed by atoms with Crippen LogP contribution >= 0.6 is 22.7 Å². The molecule has 258 valence electrons. The fourth-order valence-corrected chi connectivity index (χ4v) is 8.84.